The third-order valence-electron chi connectivity index (χ3n) is 12.1. The van der Waals surface area contributed by atoms with Gasteiger partial charge in [0.05, 0.1) is 33.3 Å². The minimum atomic E-state index is -5.27. The van der Waals surface area contributed by atoms with Crippen molar-refractivity contribution in [2.24, 2.45) is 0 Å². The minimum Gasteiger partial charge on any atom is -0.309 e. The van der Waals surface area contributed by atoms with Gasteiger partial charge in [-0.2, -0.15) is 52.7 Å². The number of hydrogen-bond acceptors (Lipinski definition) is 3. The summed E-state index contributed by atoms with van der Waals surface area (Å²) < 4.78 is 187. The van der Waals surface area contributed by atoms with Crippen LogP contribution >= 0.6 is 0 Å². The monoisotopic (exact) mass is 992 g/mol. The highest BCUT2D eigenvalue weighted by molar-refractivity contribution is 6.11. The van der Waals surface area contributed by atoms with Crippen molar-refractivity contribution in [2.45, 2.75) is 24.7 Å². The van der Waals surface area contributed by atoms with E-state index in [4.69, 9.17) is 15.0 Å². The molecule has 360 valence electrons. The molecule has 0 amide bonds. The fourth-order valence-corrected chi connectivity index (χ4v) is 8.71. The van der Waals surface area contributed by atoms with Crippen LogP contribution in [0.25, 0.3) is 95.0 Å². The molecule has 0 aliphatic rings. The maximum atomic E-state index is 14.7. The predicted octanol–water partition coefficient (Wildman–Crippen LogP) is 17.2. The lowest BCUT2D eigenvalue weighted by molar-refractivity contribution is -0.144. The Balaban J connectivity index is 1.29. The second kappa shape index (κ2) is 17.5. The molecule has 10 rings (SSSR count). The Morgan fingerprint density at radius 3 is 1.17 bits per heavy atom. The molecule has 0 unspecified atom stereocenters. The number of aromatic nitrogens is 4. The van der Waals surface area contributed by atoms with Gasteiger partial charge in [-0.3, -0.25) is 0 Å². The molecule has 0 fully saturated rings. The van der Waals surface area contributed by atoms with Gasteiger partial charge in [0.25, 0.3) is 0 Å². The Labute approximate surface area is 399 Å². The highest BCUT2D eigenvalue weighted by Gasteiger charge is 2.40. The van der Waals surface area contributed by atoms with E-state index in [1.807, 2.05) is 0 Å². The quantitative estimate of drug-likeness (QED) is 0.149. The molecule has 0 saturated heterocycles. The molecule has 72 heavy (non-hydrogen) atoms. The van der Waals surface area contributed by atoms with Crippen LogP contribution in [-0.4, -0.2) is 19.5 Å². The average Bonchev–Trinajstić information content (AvgIpc) is 3.68. The van der Waals surface area contributed by atoms with Crippen LogP contribution in [0.1, 0.15) is 22.3 Å². The Bertz CT molecular complexity index is 3500. The molecular formula is C55H29F13N4. The second-order valence-corrected chi connectivity index (χ2v) is 16.6. The molecule has 0 aliphatic heterocycles. The van der Waals surface area contributed by atoms with Crippen LogP contribution in [0.3, 0.4) is 0 Å². The molecule has 0 bridgehead atoms. The molecule has 8 aromatic carbocycles. The van der Waals surface area contributed by atoms with E-state index in [2.05, 4.69) is 0 Å². The van der Waals surface area contributed by atoms with Gasteiger partial charge >= 0.3 is 24.7 Å². The molecule has 17 heteroatoms. The summed E-state index contributed by atoms with van der Waals surface area (Å²) in [6.45, 7) is 0. The molecule has 0 aliphatic carbocycles. The van der Waals surface area contributed by atoms with Crippen molar-refractivity contribution >= 4 is 21.8 Å². The largest absolute Gasteiger partial charge is 0.417 e. The van der Waals surface area contributed by atoms with E-state index in [9.17, 15) is 57.1 Å². The molecule has 0 spiro atoms. The lowest BCUT2D eigenvalue weighted by atomic mass is 9.95. The van der Waals surface area contributed by atoms with Crippen molar-refractivity contribution in [3.8, 4) is 73.2 Å². The zero-order chi connectivity index (χ0) is 50.9. The van der Waals surface area contributed by atoms with Gasteiger partial charge in [0, 0.05) is 33.2 Å². The highest BCUT2D eigenvalue weighted by atomic mass is 19.4. The van der Waals surface area contributed by atoms with Crippen LogP contribution in [-0.2, 0) is 24.7 Å². The van der Waals surface area contributed by atoms with Gasteiger partial charge in [0.15, 0.2) is 17.5 Å². The second-order valence-electron chi connectivity index (χ2n) is 16.6. The summed E-state index contributed by atoms with van der Waals surface area (Å²) in [5.41, 5.74) is -4.98. The van der Waals surface area contributed by atoms with E-state index in [-0.39, 0.29) is 57.5 Å². The molecule has 4 nitrogen and oxygen atoms in total. The van der Waals surface area contributed by atoms with Crippen LogP contribution < -0.4 is 0 Å². The highest BCUT2D eigenvalue weighted by Crippen LogP contribution is 2.46. The molecule has 2 heterocycles. The Kier molecular flexibility index (Phi) is 11.5. The standard InChI is InChI=1S/C55H29F13N4/c56-37-17-11-30(12-18-37)39-24-19-38(29-44(39)51-70-49(31-7-3-1-4-8-31)69-50(71-51)32-9-5-2-6-10-32)72-47-25-33(40-22-15-35(52(57,58)59)27-45(40)54(63,64)65)13-20-42(47)43-21-14-34(26-48(43)72)41-23-16-36(53(60,61)62)28-46(41)55(66,67)68/h1-29H. The Morgan fingerprint density at radius 2 is 0.736 bits per heavy atom. The van der Waals surface area contributed by atoms with Crippen LogP contribution in [0, 0.1) is 5.82 Å². The van der Waals surface area contributed by atoms with Gasteiger partial charge in [0.2, 0.25) is 0 Å². The average molecular weight is 993 g/mol. The smallest absolute Gasteiger partial charge is 0.309 e. The first kappa shape index (κ1) is 47.3. The SMILES string of the molecule is Fc1ccc(-c2ccc(-n3c4cc(-c5ccc(C(F)(F)F)cc5C(F)(F)F)ccc4c4ccc(-c5ccc(C(F)(F)F)cc5C(F)(F)F)cc43)cc2-c2nc(-c3ccccc3)nc(-c3ccccc3)n2)cc1. The van der Waals surface area contributed by atoms with E-state index in [0.717, 1.165) is 0 Å². The summed E-state index contributed by atoms with van der Waals surface area (Å²) in [6.07, 6.45) is -20.8. The molecular weight excluding hydrogens is 964 g/mol. The normalized spacial score (nSPS) is 12.5. The summed E-state index contributed by atoms with van der Waals surface area (Å²) in [6, 6.07) is 38.5. The zero-order valence-electron chi connectivity index (χ0n) is 36.4. The first-order valence-corrected chi connectivity index (χ1v) is 21.6. The fourth-order valence-electron chi connectivity index (χ4n) is 8.71. The predicted molar refractivity (Wildman–Crippen MR) is 247 cm³/mol. The molecule has 10 aromatic rings. The number of nitrogens with zero attached hydrogens (tertiary/aromatic N) is 4. The number of alkyl halides is 12. The van der Waals surface area contributed by atoms with Gasteiger partial charge in [-0.15, -0.1) is 0 Å². The van der Waals surface area contributed by atoms with Crippen LogP contribution in [0.15, 0.2) is 176 Å². The van der Waals surface area contributed by atoms with Crippen LogP contribution in [0.5, 0.6) is 0 Å². The lowest BCUT2D eigenvalue weighted by Crippen LogP contribution is -2.12. The third-order valence-corrected chi connectivity index (χ3v) is 12.1. The lowest BCUT2D eigenvalue weighted by Gasteiger charge is -2.18. The van der Waals surface area contributed by atoms with E-state index in [0.29, 0.717) is 62.9 Å². The molecule has 2 aromatic heterocycles. The molecule has 0 N–H and O–H groups in total. The number of benzene rings is 8. The maximum absolute atomic E-state index is 14.7. The molecule has 0 atom stereocenters. The summed E-state index contributed by atoms with van der Waals surface area (Å²) >= 11 is 0. The van der Waals surface area contributed by atoms with Gasteiger partial charge in [-0.25, -0.2) is 19.3 Å². The van der Waals surface area contributed by atoms with E-state index in [1.165, 1.54) is 65.2 Å². The van der Waals surface area contributed by atoms with Gasteiger partial charge in [0.1, 0.15) is 5.82 Å². The first-order chi connectivity index (χ1) is 34.1. The maximum Gasteiger partial charge on any atom is 0.417 e. The van der Waals surface area contributed by atoms with E-state index in [1.54, 1.807) is 78.9 Å². The van der Waals surface area contributed by atoms with Crippen LogP contribution in [0.2, 0.25) is 0 Å². The van der Waals surface area contributed by atoms with Crippen molar-refractivity contribution in [3.05, 3.63) is 204 Å². The fraction of sp³-hybridized carbons (Fsp3) is 0.0727. The number of halogens is 13. The van der Waals surface area contributed by atoms with Gasteiger partial charge in [-0.1, -0.05) is 115 Å². The van der Waals surface area contributed by atoms with Crippen molar-refractivity contribution in [1.82, 2.24) is 19.5 Å². The number of hydrogen-bond donors (Lipinski definition) is 0. The Morgan fingerprint density at radius 1 is 0.319 bits per heavy atom. The van der Waals surface area contributed by atoms with Crippen molar-refractivity contribution in [2.75, 3.05) is 0 Å². The third kappa shape index (κ3) is 9.01. The summed E-state index contributed by atoms with van der Waals surface area (Å²) in [5.74, 6) is 0.0329. The summed E-state index contributed by atoms with van der Waals surface area (Å²) in [4.78, 5) is 14.6. The summed E-state index contributed by atoms with van der Waals surface area (Å²) in [5, 5.41) is 0.651. The van der Waals surface area contributed by atoms with Crippen LogP contribution in [0.4, 0.5) is 57.1 Å². The van der Waals surface area contributed by atoms with Gasteiger partial charge in [-0.05, 0) is 94.0 Å². The minimum absolute atomic E-state index is 0.00617. The van der Waals surface area contributed by atoms with E-state index >= 15 is 0 Å². The van der Waals surface area contributed by atoms with Crippen molar-refractivity contribution in [3.63, 3.8) is 0 Å². The summed E-state index contributed by atoms with van der Waals surface area (Å²) in [7, 11) is 0. The number of rotatable bonds is 7. The first-order valence-electron chi connectivity index (χ1n) is 21.6. The van der Waals surface area contributed by atoms with E-state index < -0.39 is 63.9 Å². The van der Waals surface area contributed by atoms with Gasteiger partial charge < -0.3 is 4.57 Å². The Hall–Kier alpha value is -8.34. The zero-order valence-corrected chi connectivity index (χ0v) is 36.4. The number of fused-ring (bicyclic) bond motifs is 3. The van der Waals surface area contributed by atoms with Crippen molar-refractivity contribution < 1.29 is 57.1 Å². The molecule has 0 saturated carbocycles. The topological polar surface area (TPSA) is 43.6 Å². The van der Waals surface area contributed by atoms with Crippen molar-refractivity contribution in [1.29, 1.82) is 0 Å². The molecule has 0 radical (unpaired) electrons.